The van der Waals surface area contributed by atoms with Gasteiger partial charge in [0.15, 0.2) is 5.13 Å². The predicted octanol–water partition coefficient (Wildman–Crippen LogP) is 2.33. The van der Waals surface area contributed by atoms with Crippen LogP contribution in [0.5, 0.6) is 0 Å². The third-order valence-corrected chi connectivity index (χ3v) is 3.79. The molecule has 23 heavy (non-hydrogen) atoms. The number of aromatic nitrogens is 1. The molecule has 0 unspecified atom stereocenters. The lowest BCUT2D eigenvalue weighted by Gasteiger charge is -2.03. The highest BCUT2D eigenvalue weighted by Crippen LogP contribution is 2.21. The number of carbonyl (C=O) groups excluding carboxylic acids is 2. The van der Waals surface area contributed by atoms with Crippen molar-refractivity contribution < 1.29 is 19.2 Å². The smallest absolute Gasteiger partial charge is 0.311 e. The zero-order valence-corrected chi connectivity index (χ0v) is 13.2. The number of anilines is 1. The van der Waals surface area contributed by atoms with E-state index in [0.717, 1.165) is 0 Å². The number of carbonyl (C=O) groups is 2. The number of thiazole rings is 1. The summed E-state index contributed by atoms with van der Waals surface area (Å²) in [7, 11) is 1.29. The Morgan fingerprint density at radius 1 is 1.43 bits per heavy atom. The Hall–Kier alpha value is -2.81. The number of ether oxygens (including phenoxy) is 1. The summed E-state index contributed by atoms with van der Waals surface area (Å²) >= 11 is 1.18. The maximum Gasteiger partial charge on any atom is 0.311 e. The number of nitro groups is 1. The Labute approximate surface area is 135 Å². The second-order valence-electron chi connectivity index (χ2n) is 4.61. The molecule has 9 heteroatoms. The van der Waals surface area contributed by atoms with E-state index in [1.54, 1.807) is 12.3 Å². The number of benzene rings is 1. The maximum absolute atomic E-state index is 12.1. The average molecular weight is 335 g/mol. The first-order valence-corrected chi connectivity index (χ1v) is 7.36. The number of rotatable bonds is 5. The molecule has 1 amide bonds. The van der Waals surface area contributed by atoms with Crippen molar-refractivity contribution in [3.63, 3.8) is 0 Å². The Morgan fingerprint density at radius 2 is 2.17 bits per heavy atom. The lowest BCUT2D eigenvalue weighted by atomic mass is 10.1. The Balaban J connectivity index is 2.09. The van der Waals surface area contributed by atoms with E-state index in [9.17, 15) is 19.7 Å². The molecule has 0 saturated heterocycles. The third kappa shape index (κ3) is 4.10. The number of nitro benzene ring substituents is 1. The van der Waals surface area contributed by atoms with Crippen molar-refractivity contribution in [1.82, 2.24) is 4.98 Å². The van der Waals surface area contributed by atoms with E-state index in [2.05, 4.69) is 15.0 Å². The van der Waals surface area contributed by atoms with E-state index >= 15 is 0 Å². The van der Waals surface area contributed by atoms with Gasteiger partial charge in [0.25, 0.3) is 11.6 Å². The summed E-state index contributed by atoms with van der Waals surface area (Å²) in [6, 6.07) is 4.11. The van der Waals surface area contributed by atoms with Gasteiger partial charge in [0, 0.05) is 22.6 Å². The number of hydrogen-bond acceptors (Lipinski definition) is 7. The van der Waals surface area contributed by atoms with E-state index in [-0.39, 0.29) is 17.7 Å². The summed E-state index contributed by atoms with van der Waals surface area (Å²) in [6.07, 6.45) is 0.0273. The lowest BCUT2D eigenvalue weighted by Crippen LogP contribution is -2.12. The van der Waals surface area contributed by atoms with Gasteiger partial charge in [-0.05, 0) is 19.1 Å². The minimum atomic E-state index is -0.503. The van der Waals surface area contributed by atoms with Gasteiger partial charge in [-0.15, -0.1) is 11.3 Å². The van der Waals surface area contributed by atoms with Gasteiger partial charge in [-0.1, -0.05) is 0 Å². The van der Waals surface area contributed by atoms with Crippen LogP contribution < -0.4 is 5.32 Å². The molecule has 0 atom stereocenters. The van der Waals surface area contributed by atoms with Gasteiger partial charge in [-0.2, -0.15) is 0 Å². The van der Waals surface area contributed by atoms with E-state index < -0.39 is 16.8 Å². The molecule has 0 radical (unpaired) electrons. The molecule has 0 fully saturated rings. The van der Waals surface area contributed by atoms with Gasteiger partial charge in [0.2, 0.25) is 0 Å². The predicted molar refractivity (Wildman–Crippen MR) is 83.6 cm³/mol. The fourth-order valence-electron chi connectivity index (χ4n) is 1.84. The molecule has 1 heterocycles. The van der Waals surface area contributed by atoms with Crippen LogP contribution in [-0.4, -0.2) is 28.9 Å². The second-order valence-corrected chi connectivity index (χ2v) is 5.47. The van der Waals surface area contributed by atoms with Crippen molar-refractivity contribution in [3.8, 4) is 0 Å². The van der Waals surface area contributed by atoms with Gasteiger partial charge in [-0.25, -0.2) is 4.98 Å². The van der Waals surface area contributed by atoms with Crippen LogP contribution in [0.4, 0.5) is 10.8 Å². The van der Waals surface area contributed by atoms with Crippen molar-refractivity contribution in [3.05, 3.63) is 50.5 Å². The summed E-state index contributed by atoms with van der Waals surface area (Å²) in [5.41, 5.74) is 1.14. The summed E-state index contributed by atoms with van der Waals surface area (Å²) in [6.45, 7) is 1.56. The van der Waals surface area contributed by atoms with Gasteiger partial charge in [0.1, 0.15) is 0 Å². The highest BCUT2D eigenvalue weighted by Gasteiger charge is 2.15. The van der Waals surface area contributed by atoms with Crippen LogP contribution in [0.15, 0.2) is 23.6 Å². The summed E-state index contributed by atoms with van der Waals surface area (Å²) < 4.78 is 4.54. The number of methoxy groups -OCH3 is 1. The monoisotopic (exact) mass is 335 g/mol. The fraction of sp³-hybridized carbons (Fsp3) is 0.214. The summed E-state index contributed by atoms with van der Waals surface area (Å²) in [5, 5.41) is 15.3. The second kappa shape index (κ2) is 6.97. The maximum atomic E-state index is 12.1. The molecule has 0 spiro atoms. The minimum Gasteiger partial charge on any atom is -0.469 e. The largest absolute Gasteiger partial charge is 0.469 e. The molecule has 2 rings (SSSR count). The number of esters is 1. The van der Waals surface area contributed by atoms with Crippen molar-refractivity contribution >= 4 is 34.0 Å². The number of aryl methyl sites for hydroxylation is 1. The van der Waals surface area contributed by atoms with Crippen LogP contribution in [0, 0.1) is 17.0 Å². The zero-order chi connectivity index (χ0) is 17.0. The number of nitrogens with one attached hydrogen (secondary N) is 1. The molecule has 1 aromatic heterocycles. The molecule has 1 aromatic carbocycles. The lowest BCUT2D eigenvalue weighted by molar-refractivity contribution is -0.385. The minimum absolute atomic E-state index is 0.0273. The summed E-state index contributed by atoms with van der Waals surface area (Å²) in [5.74, 6) is -0.846. The van der Waals surface area contributed by atoms with Crippen molar-refractivity contribution in [1.29, 1.82) is 0 Å². The van der Waals surface area contributed by atoms with E-state index in [1.165, 1.54) is 36.6 Å². The molecule has 0 bridgehead atoms. The Kier molecular flexibility index (Phi) is 5.02. The molecule has 0 saturated carbocycles. The zero-order valence-electron chi connectivity index (χ0n) is 12.4. The number of hydrogen-bond donors (Lipinski definition) is 1. The molecular formula is C14H13N3O5S. The van der Waals surface area contributed by atoms with Crippen molar-refractivity contribution in [2.75, 3.05) is 12.4 Å². The fourth-order valence-corrected chi connectivity index (χ4v) is 2.54. The highest BCUT2D eigenvalue weighted by atomic mass is 32.1. The SMILES string of the molecule is COC(=O)Cc1csc(NC(=O)c2ccc([N+](=O)[O-])c(C)c2)n1. The van der Waals surface area contributed by atoms with Crippen LogP contribution in [-0.2, 0) is 16.0 Å². The first-order chi connectivity index (χ1) is 10.9. The molecule has 0 aliphatic heterocycles. The van der Waals surface area contributed by atoms with Gasteiger partial charge in [0.05, 0.1) is 24.1 Å². The molecule has 0 aliphatic rings. The molecule has 0 aliphatic carbocycles. The molecule has 2 aromatic rings. The highest BCUT2D eigenvalue weighted by molar-refractivity contribution is 7.14. The van der Waals surface area contributed by atoms with Crippen molar-refractivity contribution in [2.45, 2.75) is 13.3 Å². The first kappa shape index (κ1) is 16.6. The third-order valence-electron chi connectivity index (χ3n) is 2.98. The van der Waals surface area contributed by atoms with Crippen molar-refractivity contribution in [2.24, 2.45) is 0 Å². The van der Waals surface area contributed by atoms with Crippen LogP contribution in [0.2, 0.25) is 0 Å². The van der Waals surface area contributed by atoms with Crippen LogP contribution in [0.1, 0.15) is 21.6 Å². The van der Waals surface area contributed by atoms with Gasteiger partial charge < -0.3 is 4.74 Å². The molecule has 1 N–H and O–H groups in total. The average Bonchev–Trinajstić information content (AvgIpc) is 2.93. The number of nitrogens with zero attached hydrogens (tertiary/aromatic N) is 2. The van der Waals surface area contributed by atoms with E-state index in [0.29, 0.717) is 16.4 Å². The van der Waals surface area contributed by atoms with Gasteiger partial charge >= 0.3 is 5.97 Å². The number of amides is 1. The normalized spacial score (nSPS) is 10.2. The van der Waals surface area contributed by atoms with Crippen LogP contribution >= 0.6 is 11.3 Å². The van der Waals surface area contributed by atoms with Gasteiger partial charge in [-0.3, -0.25) is 25.0 Å². The van der Waals surface area contributed by atoms with Crippen LogP contribution in [0.25, 0.3) is 0 Å². The van der Waals surface area contributed by atoms with E-state index in [1.807, 2.05) is 0 Å². The molecule has 8 nitrogen and oxygen atoms in total. The Morgan fingerprint density at radius 3 is 2.78 bits per heavy atom. The topological polar surface area (TPSA) is 111 Å². The first-order valence-electron chi connectivity index (χ1n) is 6.48. The Bertz CT molecular complexity index is 772. The van der Waals surface area contributed by atoms with E-state index in [4.69, 9.17) is 0 Å². The quantitative estimate of drug-likeness (QED) is 0.510. The van der Waals surface area contributed by atoms with Crippen LogP contribution in [0.3, 0.4) is 0 Å². The standard InChI is InChI=1S/C14H13N3O5S/c1-8-5-9(3-4-11(8)17(20)21)13(19)16-14-15-10(7-23-14)6-12(18)22-2/h3-5,7H,6H2,1-2H3,(H,15,16,19). The summed E-state index contributed by atoms with van der Waals surface area (Å²) in [4.78, 5) is 37.7. The molecule has 120 valence electrons. The molecular weight excluding hydrogens is 322 g/mol.